The summed E-state index contributed by atoms with van der Waals surface area (Å²) in [6.07, 6.45) is 2.05. The quantitative estimate of drug-likeness (QED) is 0.855. The number of hydrogen-bond donors (Lipinski definition) is 0. The molecular formula is C17H26N2O2. The van der Waals surface area contributed by atoms with Gasteiger partial charge in [0.05, 0.1) is 13.7 Å². The molecule has 0 radical (unpaired) electrons. The second-order valence-electron chi connectivity index (χ2n) is 6.18. The van der Waals surface area contributed by atoms with Gasteiger partial charge in [-0.3, -0.25) is 9.69 Å². The predicted octanol–water partition coefficient (Wildman–Crippen LogP) is 2.92. The smallest absolute Gasteiger partial charge is 0.241 e. The summed E-state index contributed by atoms with van der Waals surface area (Å²) >= 11 is 0. The van der Waals surface area contributed by atoms with Gasteiger partial charge >= 0.3 is 0 Å². The monoisotopic (exact) mass is 290 g/mol. The van der Waals surface area contributed by atoms with Gasteiger partial charge in [-0.05, 0) is 51.0 Å². The minimum Gasteiger partial charge on any atom is -0.497 e. The highest BCUT2D eigenvalue weighted by Crippen LogP contribution is 2.24. The minimum atomic E-state index is 0.0750. The average molecular weight is 290 g/mol. The highest BCUT2D eigenvalue weighted by atomic mass is 16.5. The third-order valence-corrected chi connectivity index (χ3v) is 4.54. The molecule has 0 aromatic heterocycles. The van der Waals surface area contributed by atoms with E-state index in [2.05, 4.69) is 25.7 Å². The van der Waals surface area contributed by atoms with Crippen molar-refractivity contribution in [3.8, 4) is 5.75 Å². The van der Waals surface area contributed by atoms with E-state index in [0.717, 1.165) is 37.4 Å². The molecule has 116 valence electrons. The Morgan fingerprint density at radius 3 is 2.43 bits per heavy atom. The second kappa shape index (κ2) is 6.48. The van der Waals surface area contributed by atoms with E-state index in [9.17, 15) is 4.79 Å². The number of rotatable bonds is 4. The van der Waals surface area contributed by atoms with E-state index in [1.807, 2.05) is 29.2 Å². The second-order valence-corrected chi connectivity index (χ2v) is 6.18. The molecule has 1 fully saturated rings. The lowest BCUT2D eigenvalue weighted by molar-refractivity contribution is -0.120. The molecule has 0 atom stereocenters. The van der Waals surface area contributed by atoms with Crippen molar-refractivity contribution in [2.24, 2.45) is 0 Å². The van der Waals surface area contributed by atoms with Gasteiger partial charge in [-0.15, -0.1) is 0 Å². The van der Waals surface area contributed by atoms with E-state index in [-0.39, 0.29) is 11.4 Å². The summed E-state index contributed by atoms with van der Waals surface area (Å²) in [7, 11) is 1.65. The van der Waals surface area contributed by atoms with Gasteiger partial charge in [-0.1, -0.05) is 6.92 Å². The van der Waals surface area contributed by atoms with Crippen molar-refractivity contribution >= 4 is 11.6 Å². The van der Waals surface area contributed by atoms with Crippen molar-refractivity contribution in [1.82, 2.24) is 4.90 Å². The number of anilines is 1. The number of carbonyl (C=O) groups excluding carboxylic acids is 1. The molecule has 1 aliphatic heterocycles. The topological polar surface area (TPSA) is 32.8 Å². The number of benzene rings is 1. The number of amides is 1. The van der Waals surface area contributed by atoms with Crippen LogP contribution >= 0.6 is 0 Å². The molecule has 21 heavy (non-hydrogen) atoms. The van der Waals surface area contributed by atoms with Gasteiger partial charge in [0.25, 0.3) is 0 Å². The van der Waals surface area contributed by atoms with Crippen molar-refractivity contribution in [2.45, 2.75) is 39.2 Å². The van der Waals surface area contributed by atoms with Crippen LogP contribution in [-0.2, 0) is 4.79 Å². The maximum Gasteiger partial charge on any atom is 0.241 e. The molecule has 1 amide bonds. The van der Waals surface area contributed by atoms with Crippen molar-refractivity contribution < 1.29 is 9.53 Å². The number of methoxy groups -OCH3 is 1. The molecular weight excluding hydrogens is 264 g/mol. The molecule has 1 aliphatic rings. The summed E-state index contributed by atoms with van der Waals surface area (Å²) in [6, 6.07) is 7.72. The van der Waals surface area contributed by atoms with Crippen LogP contribution in [0.25, 0.3) is 0 Å². The van der Waals surface area contributed by atoms with Gasteiger partial charge in [-0.2, -0.15) is 0 Å². The number of nitrogens with zero attached hydrogens (tertiary/aromatic N) is 2. The van der Waals surface area contributed by atoms with Crippen molar-refractivity contribution in [1.29, 1.82) is 0 Å². The molecule has 4 heteroatoms. The number of ether oxygens (including phenoxy) is 1. The maximum atomic E-state index is 12.6. The first-order valence-electron chi connectivity index (χ1n) is 7.67. The third-order valence-electron chi connectivity index (χ3n) is 4.54. The Bertz CT molecular complexity index is 482. The van der Waals surface area contributed by atoms with Gasteiger partial charge in [-0.25, -0.2) is 0 Å². The Kier molecular flexibility index (Phi) is 4.88. The lowest BCUT2D eigenvalue weighted by Crippen LogP contribution is -2.47. The van der Waals surface area contributed by atoms with E-state index in [1.54, 1.807) is 7.11 Å². The highest BCUT2D eigenvalue weighted by Gasteiger charge is 2.30. The molecule has 1 saturated heterocycles. The van der Waals surface area contributed by atoms with Crippen molar-refractivity contribution in [3.63, 3.8) is 0 Å². The number of carbonyl (C=O) groups is 1. The molecule has 1 aromatic rings. The highest BCUT2D eigenvalue weighted by molar-refractivity contribution is 5.95. The summed E-state index contributed by atoms with van der Waals surface area (Å²) in [4.78, 5) is 16.8. The van der Waals surface area contributed by atoms with Crippen LogP contribution < -0.4 is 9.64 Å². The zero-order valence-corrected chi connectivity index (χ0v) is 13.6. The standard InChI is InChI=1S/C17H26N2O2/c1-5-17(2,3)18-11-6-12-19(16(20)13-18)14-7-9-15(21-4)10-8-14/h7-10H,5-6,11-13H2,1-4H3. The molecule has 0 aliphatic carbocycles. The van der Waals surface area contributed by atoms with E-state index in [1.165, 1.54) is 0 Å². The summed E-state index contributed by atoms with van der Waals surface area (Å²) in [5.74, 6) is 0.994. The largest absolute Gasteiger partial charge is 0.497 e. The van der Waals surface area contributed by atoms with Gasteiger partial charge < -0.3 is 9.64 Å². The molecule has 1 heterocycles. The van der Waals surface area contributed by atoms with Crippen molar-refractivity contribution in [2.75, 3.05) is 31.6 Å². The van der Waals surface area contributed by atoms with Gasteiger partial charge in [0.15, 0.2) is 0 Å². The molecule has 0 unspecified atom stereocenters. The Balaban J connectivity index is 2.14. The predicted molar refractivity (Wildman–Crippen MR) is 85.9 cm³/mol. The fraction of sp³-hybridized carbons (Fsp3) is 0.588. The van der Waals surface area contributed by atoms with Crippen LogP contribution in [0.5, 0.6) is 5.75 Å². The molecule has 0 spiro atoms. The van der Waals surface area contributed by atoms with Crippen LogP contribution in [0.1, 0.15) is 33.6 Å². The van der Waals surface area contributed by atoms with Crippen LogP contribution in [0.15, 0.2) is 24.3 Å². The van der Waals surface area contributed by atoms with Gasteiger partial charge in [0, 0.05) is 24.3 Å². The fourth-order valence-electron chi connectivity index (χ4n) is 2.65. The van der Waals surface area contributed by atoms with Gasteiger partial charge in [0.2, 0.25) is 5.91 Å². The Morgan fingerprint density at radius 1 is 1.19 bits per heavy atom. The van der Waals surface area contributed by atoms with Crippen LogP contribution in [0.2, 0.25) is 0 Å². The lowest BCUT2D eigenvalue weighted by atomic mass is 9.99. The van der Waals surface area contributed by atoms with Crippen molar-refractivity contribution in [3.05, 3.63) is 24.3 Å². The zero-order chi connectivity index (χ0) is 15.5. The maximum absolute atomic E-state index is 12.6. The van der Waals surface area contributed by atoms with Crippen LogP contribution in [0.3, 0.4) is 0 Å². The normalized spacial score (nSPS) is 17.7. The van der Waals surface area contributed by atoms with E-state index >= 15 is 0 Å². The number of hydrogen-bond acceptors (Lipinski definition) is 3. The Morgan fingerprint density at radius 2 is 1.86 bits per heavy atom. The average Bonchev–Trinajstić information content (AvgIpc) is 2.69. The summed E-state index contributed by atoms with van der Waals surface area (Å²) in [5.41, 5.74) is 1.03. The first-order valence-corrected chi connectivity index (χ1v) is 7.67. The van der Waals surface area contributed by atoms with E-state index in [0.29, 0.717) is 6.54 Å². The van der Waals surface area contributed by atoms with E-state index in [4.69, 9.17) is 4.74 Å². The van der Waals surface area contributed by atoms with E-state index < -0.39 is 0 Å². The molecule has 0 saturated carbocycles. The molecule has 2 rings (SSSR count). The molecule has 4 nitrogen and oxygen atoms in total. The molecule has 0 bridgehead atoms. The first-order chi connectivity index (χ1) is 9.97. The Hall–Kier alpha value is -1.55. The Labute approximate surface area is 127 Å². The van der Waals surface area contributed by atoms with Gasteiger partial charge in [0.1, 0.15) is 5.75 Å². The first kappa shape index (κ1) is 15.8. The zero-order valence-electron chi connectivity index (χ0n) is 13.6. The summed E-state index contributed by atoms with van der Waals surface area (Å²) in [6.45, 7) is 8.84. The molecule has 0 N–H and O–H groups in total. The summed E-state index contributed by atoms with van der Waals surface area (Å²) < 4.78 is 5.17. The van der Waals surface area contributed by atoms with Crippen LogP contribution in [0.4, 0.5) is 5.69 Å². The third kappa shape index (κ3) is 3.56. The fourth-order valence-corrected chi connectivity index (χ4v) is 2.65. The van der Waals surface area contributed by atoms with Crippen LogP contribution in [0, 0.1) is 0 Å². The SMILES string of the molecule is CCC(C)(C)N1CCCN(c2ccc(OC)cc2)C(=O)C1. The molecule has 1 aromatic carbocycles. The summed E-state index contributed by atoms with van der Waals surface area (Å²) in [5, 5.41) is 0. The van der Waals surface area contributed by atoms with Crippen LogP contribution in [-0.4, -0.2) is 43.1 Å². The lowest BCUT2D eigenvalue weighted by Gasteiger charge is -2.36. The minimum absolute atomic E-state index is 0.0750.